The van der Waals surface area contributed by atoms with E-state index in [0.29, 0.717) is 10.8 Å². The largest absolute Gasteiger partial charge is 0.335 e. The van der Waals surface area contributed by atoms with Crippen molar-refractivity contribution in [3.05, 3.63) is 28.4 Å². The Hall–Kier alpha value is -1.47. The van der Waals surface area contributed by atoms with E-state index in [1.807, 2.05) is 27.7 Å². The smallest absolute Gasteiger partial charge is 0.276 e. The van der Waals surface area contributed by atoms with Crippen LogP contribution in [0.25, 0.3) is 0 Å². The van der Waals surface area contributed by atoms with Crippen LogP contribution in [0.4, 0.5) is 0 Å². The van der Waals surface area contributed by atoms with E-state index in [9.17, 15) is 4.79 Å². The Balaban J connectivity index is 0.000000251. The summed E-state index contributed by atoms with van der Waals surface area (Å²) in [7, 11) is 0. The summed E-state index contributed by atoms with van der Waals surface area (Å²) in [4.78, 5) is 16.5. The summed E-state index contributed by atoms with van der Waals surface area (Å²) >= 11 is 10.3. The van der Waals surface area contributed by atoms with Crippen molar-refractivity contribution in [1.29, 1.82) is 0 Å². The molecule has 0 aromatic carbocycles. The van der Waals surface area contributed by atoms with E-state index in [0.717, 1.165) is 11.2 Å². The number of imidazole rings is 1. The molecule has 1 aliphatic rings. The van der Waals surface area contributed by atoms with E-state index in [-0.39, 0.29) is 17.0 Å². The van der Waals surface area contributed by atoms with Crippen LogP contribution in [0.1, 0.15) is 61.1 Å². The topological polar surface area (TPSA) is 53.1 Å². The minimum absolute atomic E-state index is 0.0417. The Morgan fingerprint density at radius 3 is 1.92 bits per heavy atom. The van der Waals surface area contributed by atoms with Gasteiger partial charge in [-0.3, -0.25) is 9.69 Å². The van der Waals surface area contributed by atoms with Crippen molar-refractivity contribution >= 4 is 35.5 Å². The van der Waals surface area contributed by atoms with Crippen LogP contribution in [0.5, 0.6) is 0 Å². The minimum Gasteiger partial charge on any atom is -0.335 e. The maximum Gasteiger partial charge on any atom is 0.276 e. The van der Waals surface area contributed by atoms with Crippen LogP contribution in [-0.2, 0) is 16.8 Å². The number of hydrogen-bond acceptors (Lipinski definition) is 3. The van der Waals surface area contributed by atoms with E-state index in [4.69, 9.17) is 24.4 Å². The predicted octanol–water partition coefficient (Wildman–Crippen LogP) is 4.27. The Morgan fingerprint density at radius 1 is 1.12 bits per heavy atom. The first kappa shape index (κ1) is 21.6. The minimum atomic E-state index is -0.258. The van der Waals surface area contributed by atoms with E-state index in [2.05, 4.69) is 48.8 Å². The van der Waals surface area contributed by atoms with Gasteiger partial charge in [-0.1, -0.05) is 13.0 Å². The highest BCUT2D eigenvalue weighted by Crippen LogP contribution is 2.21. The molecule has 2 N–H and O–H groups in total. The SMILES string of the molecule is C/C=C1\NC(=S)N(C(C)(C)C)C1=O.CCc1cn(C(C)(C)C)c(=S)[nH]1. The zero-order valence-electron chi connectivity index (χ0n) is 16.5. The van der Waals surface area contributed by atoms with Crippen LogP contribution >= 0.6 is 24.4 Å². The molecule has 25 heavy (non-hydrogen) atoms. The fraction of sp³-hybridized carbons (Fsp3) is 0.611. The molecule has 2 heterocycles. The first-order valence-electron chi connectivity index (χ1n) is 8.45. The molecule has 2 rings (SSSR count). The number of thiocarbonyl (C=S) groups is 1. The molecule has 0 bridgehead atoms. The summed E-state index contributed by atoms with van der Waals surface area (Å²) in [6.45, 7) is 16.2. The molecule has 7 heteroatoms. The number of nitrogens with one attached hydrogen (secondary N) is 2. The lowest BCUT2D eigenvalue weighted by Gasteiger charge is -2.29. The average Bonchev–Trinajstić information content (AvgIpc) is 2.98. The fourth-order valence-electron chi connectivity index (χ4n) is 2.36. The maximum absolute atomic E-state index is 11.7. The summed E-state index contributed by atoms with van der Waals surface area (Å²) < 4.78 is 2.92. The van der Waals surface area contributed by atoms with Crippen LogP contribution in [0, 0.1) is 4.77 Å². The average molecular weight is 383 g/mol. The first-order valence-corrected chi connectivity index (χ1v) is 9.27. The Labute approximate surface area is 161 Å². The highest BCUT2D eigenvalue weighted by molar-refractivity contribution is 7.80. The van der Waals surface area contributed by atoms with Crippen LogP contribution in [-0.4, -0.2) is 31.0 Å². The number of carbonyl (C=O) groups excluding carboxylic acids is 1. The van der Waals surface area contributed by atoms with Gasteiger partial charge in [0.1, 0.15) is 5.70 Å². The van der Waals surface area contributed by atoms with Crippen LogP contribution in [0.2, 0.25) is 0 Å². The van der Waals surface area contributed by atoms with Crippen molar-refractivity contribution in [1.82, 2.24) is 19.8 Å². The van der Waals surface area contributed by atoms with Gasteiger partial charge in [-0.2, -0.15) is 0 Å². The zero-order valence-corrected chi connectivity index (χ0v) is 18.1. The summed E-state index contributed by atoms with van der Waals surface area (Å²) in [6.07, 6.45) is 4.84. The van der Waals surface area contributed by atoms with Crippen LogP contribution in [0.15, 0.2) is 18.0 Å². The van der Waals surface area contributed by atoms with Gasteiger partial charge < -0.3 is 14.9 Å². The first-order chi connectivity index (χ1) is 11.3. The van der Waals surface area contributed by atoms with Crippen molar-refractivity contribution < 1.29 is 4.79 Å². The second kappa shape index (κ2) is 7.83. The van der Waals surface area contributed by atoms with Crippen LogP contribution in [0.3, 0.4) is 0 Å². The fourth-order valence-corrected chi connectivity index (χ4v) is 3.29. The van der Waals surface area contributed by atoms with Gasteiger partial charge in [0.25, 0.3) is 5.91 Å². The molecule has 0 saturated carbocycles. The second-order valence-electron chi connectivity index (χ2n) is 7.92. The third-order valence-electron chi connectivity index (χ3n) is 3.71. The molecule has 1 aromatic rings. The number of carbonyl (C=O) groups is 1. The molecule has 1 aliphatic heterocycles. The summed E-state index contributed by atoms with van der Waals surface area (Å²) in [5.41, 5.74) is 1.60. The summed E-state index contributed by atoms with van der Waals surface area (Å²) in [6, 6.07) is 0. The second-order valence-corrected chi connectivity index (χ2v) is 8.70. The van der Waals surface area contributed by atoms with Gasteiger partial charge in [-0.05, 0) is 79.3 Å². The normalized spacial score (nSPS) is 16.8. The van der Waals surface area contributed by atoms with Gasteiger partial charge >= 0.3 is 0 Å². The standard InChI is InChI=1S/C9H14N2OS.C9H16N2S/c1-5-6-7(12)11(8(13)10-6)9(2,3)4;1-5-7-6-11(8(12)10-7)9(2,3)4/h5H,1-4H3,(H,10,13);6H,5H2,1-4H3,(H,10,12)/b6-5-;. The third kappa shape index (κ3) is 5.25. The number of aromatic nitrogens is 2. The summed E-state index contributed by atoms with van der Waals surface area (Å²) in [5.74, 6) is -0.0417. The van der Waals surface area contributed by atoms with E-state index < -0.39 is 0 Å². The number of aryl methyl sites for hydroxylation is 1. The molecule has 1 aromatic heterocycles. The number of amides is 1. The highest BCUT2D eigenvalue weighted by Gasteiger charge is 2.37. The Kier molecular flexibility index (Phi) is 6.75. The van der Waals surface area contributed by atoms with Crippen molar-refractivity contribution in [3.8, 4) is 0 Å². The van der Waals surface area contributed by atoms with Crippen LogP contribution < -0.4 is 5.32 Å². The lowest BCUT2D eigenvalue weighted by molar-refractivity contribution is -0.125. The highest BCUT2D eigenvalue weighted by atomic mass is 32.1. The van der Waals surface area contributed by atoms with Crippen molar-refractivity contribution in [3.63, 3.8) is 0 Å². The van der Waals surface area contributed by atoms with Crippen molar-refractivity contribution in [2.45, 2.75) is 72.9 Å². The van der Waals surface area contributed by atoms with Gasteiger partial charge in [0, 0.05) is 23.0 Å². The van der Waals surface area contributed by atoms with Gasteiger partial charge in [0.05, 0.1) is 0 Å². The van der Waals surface area contributed by atoms with Crippen molar-refractivity contribution in [2.75, 3.05) is 0 Å². The molecule has 1 saturated heterocycles. The van der Waals surface area contributed by atoms with Gasteiger partial charge in [-0.25, -0.2) is 0 Å². The zero-order chi connectivity index (χ0) is 19.6. The maximum atomic E-state index is 11.7. The molecular weight excluding hydrogens is 352 g/mol. The number of hydrogen-bond donors (Lipinski definition) is 2. The lowest BCUT2D eigenvalue weighted by atomic mass is 10.1. The quantitative estimate of drug-likeness (QED) is 0.563. The lowest BCUT2D eigenvalue weighted by Crippen LogP contribution is -2.45. The number of H-pyrrole nitrogens is 1. The Bertz CT molecular complexity index is 729. The molecule has 0 aliphatic carbocycles. The van der Waals surface area contributed by atoms with Gasteiger partial charge in [0.15, 0.2) is 9.88 Å². The molecule has 0 spiro atoms. The van der Waals surface area contributed by atoms with E-state index in [1.54, 1.807) is 11.0 Å². The van der Waals surface area contributed by atoms with Gasteiger partial charge in [0.2, 0.25) is 0 Å². The van der Waals surface area contributed by atoms with Crippen molar-refractivity contribution in [2.24, 2.45) is 0 Å². The third-order valence-corrected chi connectivity index (χ3v) is 4.30. The number of aromatic amines is 1. The van der Waals surface area contributed by atoms with E-state index in [1.165, 1.54) is 5.69 Å². The van der Waals surface area contributed by atoms with Gasteiger partial charge in [-0.15, -0.1) is 0 Å². The van der Waals surface area contributed by atoms with E-state index >= 15 is 0 Å². The Morgan fingerprint density at radius 2 is 1.68 bits per heavy atom. The molecule has 140 valence electrons. The molecule has 1 fully saturated rings. The molecular formula is C18H30N4OS2. The number of rotatable bonds is 1. The predicted molar refractivity (Wildman–Crippen MR) is 110 cm³/mol. The monoisotopic (exact) mass is 382 g/mol. The molecule has 5 nitrogen and oxygen atoms in total. The molecule has 1 amide bonds. The number of nitrogens with zero attached hydrogens (tertiary/aromatic N) is 2. The summed E-state index contributed by atoms with van der Waals surface area (Å²) in [5, 5.41) is 3.37. The molecule has 0 radical (unpaired) electrons. The molecule has 0 atom stereocenters. The molecule has 0 unspecified atom stereocenters. The number of allylic oxidation sites excluding steroid dienone is 1.